The SMILES string of the molecule is CCCCCCCCCCCCC1CCNCCN2CCCN(C)CCN1CC2. The zero-order valence-corrected chi connectivity index (χ0v) is 20.0. The van der Waals surface area contributed by atoms with Crippen LogP contribution in [-0.4, -0.2) is 86.7 Å². The van der Waals surface area contributed by atoms with E-state index in [0.717, 1.165) is 6.04 Å². The van der Waals surface area contributed by atoms with Gasteiger partial charge in [0, 0.05) is 45.3 Å². The van der Waals surface area contributed by atoms with E-state index in [1.54, 1.807) is 0 Å². The van der Waals surface area contributed by atoms with E-state index in [2.05, 4.69) is 34.0 Å². The van der Waals surface area contributed by atoms with Crippen LogP contribution in [0.4, 0.5) is 0 Å². The van der Waals surface area contributed by atoms with Crippen molar-refractivity contribution in [3.05, 3.63) is 0 Å². The fraction of sp³-hybridized carbons (Fsp3) is 1.00. The molecule has 0 aromatic rings. The van der Waals surface area contributed by atoms with Gasteiger partial charge in [-0.2, -0.15) is 0 Å². The van der Waals surface area contributed by atoms with E-state index in [4.69, 9.17) is 0 Å². The van der Waals surface area contributed by atoms with Crippen LogP contribution in [-0.2, 0) is 0 Å². The van der Waals surface area contributed by atoms with Crippen molar-refractivity contribution in [1.29, 1.82) is 0 Å². The molecule has 29 heavy (non-hydrogen) atoms. The fourth-order valence-electron chi connectivity index (χ4n) is 5.07. The number of nitrogens with zero attached hydrogens (tertiary/aromatic N) is 3. The summed E-state index contributed by atoms with van der Waals surface area (Å²) in [5.41, 5.74) is 0. The van der Waals surface area contributed by atoms with Crippen molar-refractivity contribution in [2.75, 3.05) is 66.0 Å². The van der Waals surface area contributed by atoms with Crippen molar-refractivity contribution in [1.82, 2.24) is 20.0 Å². The smallest absolute Gasteiger partial charge is 0.0113 e. The molecule has 2 heterocycles. The van der Waals surface area contributed by atoms with Crippen molar-refractivity contribution in [2.45, 2.75) is 96.4 Å². The molecular weight excluding hydrogens is 356 g/mol. The van der Waals surface area contributed by atoms with Gasteiger partial charge in [0.2, 0.25) is 0 Å². The highest BCUT2D eigenvalue weighted by molar-refractivity contribution is 4.78. The number of fused-ring (bicyclic) bond motifs is 3. The summed E-state index contributed by atoms with van der Waals surface area (Å²) in [7, 11) is 2.31. The Hall–Kier alpha value is -0.160. The molecule has 2 aliphatic heterocycles. The van der Waals surface area contributed by atoms with Crippen molar-refractivity contribution >= 4 is 0 Å². The van der Waals surface area contributed by atoms with E-state index in [0.29, 0.717) is 0 Å². The van der Waals surface area contributed by atoms with Crippen molar-refractivity contribution in [3.63, 3.8) is 0 Å². The predicted molar refractivity (Wildman–Crippen MR) is 128 cm³/mol. The van der Waals surface area contributed by atoms with Crippen LogP contribution in [0.25, 0.3) is 0 Å². The quantitative estimate of drug-likeness (QED) is 0.504. The Labute approximate surface area is 182 Å². The molecule has 3 atom stereocenters. The maximum absolute atomic E-state index is 3.72. The molecule has 3 unspecified atom stereocenters. The summed E-state index contributed by atoms with van der Waals surface area (Å²) in [5.74, 6) is 0. The minimum absolute atomic E-state index is 0.782. The maximum atomic E-state index is 3.72. The largest absolute Gasteiger partial charge is 0.315 e. The van der Waals surface area contributed by atoms with Gasteiger partial charge in [-0.1, -0.05) is 71.1 Å². The molecule has 2 fully saturated rings. The number of unbranched alkanes of at least 4 members (excludes halogenated alkanes) is 9. The molecule has 4 nitrogen and oxygen atoms in total. The lowest BCUT2D eigenvalue weighted by atomic mass is 10.0. The minimum Gasteiger partial charge on any atom is -0.315 e. The second kappa shape index (κ2) is 16.5. The summed E-state index contributed by atoms with van der Waals surface area (Å²) in [6.45, 7) is 13.4. The third-order valence-corrected chi connectivity index (χ3v) is 7.15. The van der Waals surface area contributed by atoms with Crippen LogP contribution in [0.1, 0.15) is 90.4 Å². The zero-order chi connectivity index (χ0) is 20.6. The third-order valence-electron chi connectivity index (χ3n) is 7.15. The van der Waals surface area contributed by atoms with Crippen LogP contribution in [0.2, 0.25) is 0 Å². The fourth-order valence-corrected chi connectivity index (χ4v) is 5.07. The highest BCUT2D eigenvalue weighted by Crippen LogP contribution is 2.17. The molecule has 0 saturated carbocycles. The number of nitrogens with one attached hydrogen (secondary N) is 1. The van der Waals surface area contributed by atoms with E-state index in [1.165, 1.54) is 142 Å². The zero-order valence-electron chi connectivity index (χ0n) is 20.0. The Morgan fingerprint density at radius 3 is 2.14 bits per heavy atom. The van der Waals surface area contributed by atoms with Crippen LogP contribution in [0.15, 0.2) is 0 Å². The Kier molecular flexibility index (Phi) is 14.3. The van der Waals surface area contributed by atoms with E-state index < -0.39 is 0 Å². The van der Waals surface area contributed by atoms with Crippen LogP contribution < -0.4 is 5.32 Å². The summed E-state index contributed by atoms with van der Waals surface area (Å²) in [4.78, 5) is 8.09. The monoisotopic (exact) mass is 408 g/mol. The number of hydrogen-bond donors (Lipinski definition) is 1. The molecule has 2 bridgehead atoms. The minimum atomic E-state index is 0.782. The summed E-state index contributed by atoms with van der Waals surface area (Å²) >= 11 is 0. The first kappa shape index (κ1) is 25.1. The Balaban J connectivity index is 1.69. The number of hydrogen-bond acceptors (Lipinski definition) is 4. The Morgan fingerprint density at radius 2 is 1.38 bits per heavy atom. The average molecular weight is 409 g/mol. The molecule has 0 aromatic carbocycles. The average Bonchev–Trinajstić information content (AvgIpc) is 2.73. The molecule has 2 aliphatic rings. The van der Waals surface area contributed by atoms with Gasteiger partial charge < -0.3 is 15.1 Å². The molecular formula is C25H52N4. The van der Waals surface area contributed by atoms with Crippen LogP contribution >= 0.6 is 0 Å². The lowest BCUT2D eigenvalue weighted by Crippen LogP contribution is -2.49. The molecule has 0 spiro atoms. The number of likely N-dealkylation sites (N-methyl/N-ethyl adjacent to an activating group) is 1. The van der Waals surface area contributed by atoms with Gasteiger partial charge in [-0.25, -0.2) is 0 Å². The molecule has 0 aromatic heterocycles. The van der Waals surface area contributed by atoms with Gasteiger partial charge in [-0.05, 0) is 45.9 Å². The first-order valence-corrected chi connectivity index (χ1v) is 13.1. The van der Waals surface area contributed by atoms with Gasteiger partial charge >= 0.3 is 0 Å². The molecule has 1 N–H and O–H groups in total. The Morgan fingerprint density at radius 1 is 0.690 bits per heavy atom. The van der Waals surface area contributed by atoms with Crippen LogP contribution in [0.5, 0.6) is 0 Å². The summed E-state index contributed by atoms with van der Waals surface area (Å²) in [6.07, 6.45) is 18.5. The van der Waals surface area contributed by atoms with Crippen LogP contribution in [0.3, 0.4) is 0 Å². The molecule has 2 saturated heterocycles. The topological polar surface area (TPSA) is 21.8 Å². The predicted octanol–water partition coefficient (Wildman–Crippen LogP) is 4.60. The van der Waals surface area contributed by atoms with Crippen molar-refractivity contribution in [2.24, 2.45) is 0 Å². The van der Waals surface area contributed by atoms with E-state index in [-0.39, 0.29) is 0 Å². The summed E-state index contributed by atoms with van der Waals surface area (Å²) < 4.78 is 0. The van der Waals surface area contributed by atoms with Gasteiger partial charge in [0.1, 0.15) is 0 Å². The van der Waals surface area contributed by atoms with E-state index in [9.17, 15) is 0 Å². The van der Waals surface area contributed by atoms with Crippen molar-refractivity contribution < 1.29 is 0 Å². The first-order valence-electron chi connectivity index (χ1n) is 13.1. The molecule has 0 radical (unpaired) electrons. The first-order chi connectivity index (χ1) is 14.3. The van der Waals surface area contributed by atoms with Gasteiger partial charge in [-0.3, -0.25) is 4.90 Å². The molecule has 2 rings (SSSR count). The maximum Gasteiger partial charge on any atom is 0.0113 e. The van der Waals surface area contributed by atoms with Gasteiger partial charge in [0.05, 0.1) is 0 Å². The van der Waals surface area contributed by atoms with Crippen molar-refractivity contribution in [3.8, 4) is 0 Å². The Bertz CT molecular complexity index is 376. The molecule has 172 valence electrons. The lowest BCUT2D eigenvalue weighted by Gasteiger charge is -2.37. The number of rotatable bonds is 11. The molecule has 4 heteroatoms. The molecule has 0 aliphatic carbocycles. The molecule has 0 amide bonds. The van der Waals surface area contributed by atoms with Gasteiger partial charge in [0.25, 0.3) is 0 Å². The second-order valence-corrected chi connectivity index (χ2v) is 9.70. The van der Waals surface area contributed by atoms with Gasteiger partial charge in [-0.15, -0.1) is 0 Å². The highest BCUT2D eigenvalue weighted by atomic mass is 15.2. The second-order valence-electron chi connectivity index (χ2n) is 9.70. The summed E-state index contributed by atoms with van der Waals surface area (Å²) in [5, 5.41) is 3.72. The normalized spacial score (nSPS) is 27.7. The third kappa shape index (κ3) is 11.7. The van der Waals surface area contributed by atoms with Gasteiger partial charge in [0.15, 0.2) is 0 Å². The highest BCUT2D eigenvalue weighted by Gasteiger charge is 2.21. The summed E-state index contributed by atoms with van der Waals surface area (Å²) in [6, 6.07) is 0.782. The lowest BCUT2D eigenvalue weighted by molar-refractivity contribution is 0.111. The van der Waals surface area contributed by atoms with E-state index >= 15 is 0 Å². The van der Waals surface area contributed by atoms with Crippen LogP contribution in [0, 0.1) is 0 Å². The standard InChI is InChI=1S/C25H52N4/c1-3-4-5-6-7-8-9-10-11-12-14-25-15-16-26-17-20-28-19-13-18-27(2)21-23-29(25)24-22-28/h25-26H,3-24H2,1-2H3. The van der Waals surface area contributed by atoms with E-state index in [1.807, 2.05) is 0 Å².